The maximum atomic E-state index is 11.3. The second-order valence-corrected chi connectivity index (χ2v) is 5.11. The van der Waals surface area contributed by atoms with Gasteiger partial charge in [-0.3, -0.25) is 4.79 Å². The molecule has 0 aliphatic carbocycles. The van der Waals surface area contributed by atoms with Crippen LogP contribution in [0.4, 0.5) is 5.82 Å². The average molecular weight is 268 g/mol. The first-order valence-electron chi connectivity index (χ1n) is 5.11. The summed E-state index contributed by atoms with van der Waals surface area (Å²) in [5.41, 5.74) is 5.81. The van der Waals surface area contributed by atoms with E-state index in [9.17, 15) is 4.79 Å². The smallest absolute Gasteiger partial charge is 0.230 e. The third-order valence-corrected chi connectivity index (χ3v) is 3.69. The summed E-state index contributed by atoms with van der Waals surface area (Å²) in [6, 6.07) is 1.90. The highest BCUT2D eigenvalue weighted by Gasteiger charge is 2.08. The predicted octanol–water partition coefficient (Wildman–Crippen LogP) is 1.50. The van der Waals surface area contributed by atoms with E-state index in [1.54, 1.807) is 0 Å². The summed E-state index contributed by atoms with van der Waals surface area (Å²) in [6.07, 6.45) is 0. The van der Waals surface area contributed by atoms with Gasteiger partial charge in [0.25, 0.3) is 0 Å². The molecule has 0 bridgehead atoms. The van der Waals surface area contributed by atoms with Crippen molar-refractivity contribution >= 4 is 45.0 Å². The molecular formula is C10H12N4OS2. The quantitative estimate of drug-likeness (QED) is 0.649. The van der Waals surface area contributed by atoms with Crippen molar-refractivity contribution in [3.63, 3.8) is 0 Å². The lowest BCUT2D eigenvalue weighted by atomic mass is 10.4. The number of carbonyl (C=O) groups excluding carboxylic acids is 1. The van der Waals surface area contributed by atoms with E-state index in [1.165, 1.54) is 23.1 Å². The van der Waals surface area contributed by atoms with E-state index < -0.39 is 0 Å². The Morgan fingerprint density at radius 2 is 2.41 bits per heavy atom. The number of nitrogens with zero attached hydrogens (tertiary/aromatic N) is 2. The van der Waals surface area contributed by atoms with Crippen molar-refractivity contribution in [3.8, 4) is 0 Å². The van der Waals surface area contributed by atoms with Gasteiger partial charge in [0.1, 0.15) is 10.6 Å². The predicted molar refractivity (Wildman–Crippen MR) is 71.2 cm³/mol. The molecule has 0 aliphatic heterocycles. The van der Waals surface area contributed by atoms with Gasteiger partial charge in [-0.05, 0) is 18.4 Å². The van der Waals surface area contributed by atoms with E-state index in [1.807, 2.05) is 18.4 Å². The second kappa shape index (κ2) is 5.33. The Labute approximate surface area is 107 Å². The molecule has 0 radical (unpaired) electrons. The number of nitrogens with two attached hydrogens (primary N) is 1. The lowest BCUT2D eigenvalue weighted by Crippen LogP contribution is -2.24. The summed E-state index contributed by atoms with van der Waals surface area (Å²) >= 11 is 2.81. The van der Waals surface area contributed by atoms with Crippen LogP contribution in [0.3, 0.4) is 0 Å². The Balaban J connectivity index is 2.11. The first-order valence-corrected chi connectivity index (χ1v) is 6.97. The van der Waals surface area contributed by atoms with Gasteiger partial charge in [-0.1, -0.05) is 11.8 Å². The van der Waals surface area contributed by atoms with Gasteiger partial charge < -0.3 is 11.1 Å². The molecule has 2 aromatic rings. The van der Waals surface area contributed by atoms with E-state index in [0.29, 0.717) is 23.3 Å². The largest absolute Gasteiger partial charge is 0.383 e. The molecule has 2 heterocycles. The number of thioether (sulfide) groups is 1. The van der Waals surface area contributed by atoms with Gasteiger partial charge >= 0.3 is 0 Å². The molecule has 0 fully saturated rings. The molecule has 0 saturated heterocycles. The molecule has 2 rings (SSSR count). The number of nitrogen functional groups attached to an aromatic ring is 1. The third-order valence-electron chi connectivity index (χ3n) is 2.04. The van der Waals surface area contributed by atoms with Gasteiger partial charge in [0.05, 0.1) is 11.1 Å². The van der Waals surface area contributed by atoms with Crippen LogP contribution in [0.5, 0.6) is 0 Å². The number of carbonyl (C=O) groups is 1. The zero-order chi connectivity index (χ0) is 12.3. The summed E-state index contributed by atoms with van der Waals surface area (Å²) in [5.74, 6) is 0.755. The zero-order valence-electron chi connectivity index (χ0n) is 9.27. The van der Waals surface area contributed by atoms with Gasteiger partial charge in [0.2, 0.25) is 5.91 Å². The maximum absolute atomic E-state index is 11.3. The van der Waals surface area contributed by atoms with Gasteiger partial charge in [-0.2, -0.15) is 0 Å². The number of fused-ring (bicyclic) bond motifs is 1. The van der Waals surface area contributed by atoms with Crippen LogP contribution in [0.2, 0.25) is 0 Å². The summed E-state index contributed by atoms with van der Waals surface area (Å²) in [7, 11) is 0. The molecule has 1 amide bonds. The molecule has 3 N–H and O–H groups in total. The van der Waals surface area contributed by atoms with Crippen molar-refractivity contribution in [2.45, 2.75) is 12.1 Å². The van der Waals surface area contributed by atoms with Crippen LogP contribution in [-0.4, -0.2) is 28.2 Å². The standard InChI is InChI=1S/C10H12N4OS2/c1-2-12-7(15)5-17-10-13-8(11)6-3-4-16-9(6)14-10/h3-4H,2,5H2,1H3,(H,12,15)(H2,11,13,14). The Morgan fingerprint density at radius 1 is 1.59 bits per heavy atom. The van der Waals surface area contributed by atoms with Gasteiger partial charge in [-0.15, -0.1) is 11.3 Å². The molecule has 17 heavy (non-hydrogen) atoms. The molecular weight excluding hydrogens is 256 g/mol. The first-order chi connectivity index (χ1) is 8.20. The molecule has 0 aromatic carbocycles. The molecule has 90 valence electrons. The molecule has 5 nitrogen and oxygen atoms in total. The lowest BCUT2D eigenvalue weighted by molar-refractivity contribution is -0.118. The van der Waals surface area contributed by atoms with Crippen LogP contribution in [-0.2, 0) is 4.79 Å². The number of thiophene rings is 1. The highest BCUT2D eigenvalue weighted by atomic mass is 32.2. The molecule has 7 heteroatoms. The fourth-order valence-corrected chi connectivity index (χ4v) is 2.81. The normalized spacial score (nSPS) is 10.6. The van der Waals surface area contributed by atoms with Crippen LogP contribution in [0.25, 0.3) is 10.2 Å². The Morgan fingerprint density at radius 3 is 3.18 bits per heavy atom. The Kier molecular flexibility index (Phi) is 3.80. The molecule has 0 atom stereocenters. The van der Waals surface area contributed by atoms with Crippen molar-refractivity contribution in [1.29, 1.82) is 0 Å². The highest BCUT2D eigenvalue weighted by Crippen LogP contribution is 2.25. The molecule has 2 aromatic heterocycles. The summed E-state index contributed by atoms with van der Waals surface area (Å²) in [6.45, 7) is 2.51. The fraction of sp³-hybridized carbons (Fsp3) is 0.300. The van der Waals surface area contributed by atoms with Crippen LogP contribution in [0, 0.1) is 0 Å². The number of hydrogen-bond acceptors (Lipinski definition) is 6. The Bertz CT molecular complexity index is 540. The van der Waals surface area contributed by atoms with Crippen molar-refractivity contribution in [3.05, 3.63) is 11.4 Å². The highest BCUT2D eigenvalue weighted by molar-refractivity contribution is 7.99. The summed E-state index contributed by atoms with van der Waals surface area (Å²) < 4.78 is 0. The lowest BCUT2D eigenvalue weighted by Gasteiger charge is -2.02. The summed E-state index contributed by atoms with van der Waals surface area (Å²) in [5, 5.41) is 6.06. The van der Waals surface area contributed by atoms with Crippen LogP contribution < -0.4 is 11.1 Å². The van der Waals surface area contributed by atoms with Crippen LogP contribution >= 0.6 is 23.1 Å². The monoisotopic (exact) mass is 268 g/mol. The van der Waals surface area contributed by atoms with E-state index in [-0.39, 0.29) is 5.91 Å². The second-order valence-electron chi connectivity index (χ2n) is 3.27. The van der Waals surface area contributed by atoms with E-state index in [4.69, 9.17) is 5.73 Å². The van der Waals surface area contributed by atoms with Gasteiger partial charge in [-0.25, -0.2) is 9.97 Å². The number of anilines is 1. The van der Waals surface area contributed by atoms with E-state index >= 15 is 0 Å². The van der Waals surface area contributed by atoms with E-state index in [0.717, 1.165) is 10.2 Å². The van der Waals surface area contributed by atoms with Crippen LogP contribution in [0.1, 0.15) is 6.92 Å². The van der Waals surface area contributed by atoms with Gasteiger partial charge in [0, 0.05) is 6.54 Å². The molecule has 0 saturated carbocycles. The SMILES string of the molecule is CCNC(=O)CSc1nc(N)c2ccsc2n1. The van der Waals surface area contributed by atoms with Crippen molar-refractivity contribution in [1.82, 2.24) is 15.3 Å². The minimum absolute atomic E-state index is 0.0223. The Hall–Kier alpha value is -1.34. The first kappa shape index (κ1) is 12.1. The summed E-state index contributed by atoms with van der Waals surface area (Å²) in [4.78, 5) is 20.7. The topological polar surface area (TPSA) is 80.9 Å². The number of rotatable bonds is 4. The maximum Gasteiger partial charge on any atom is 0.230 e. The molecule has 0 spiro atoms. The minimum atomic E-state index is -0.0223. The minimum Gasteiger partial charge on any atom is -0.383 e. The van der Waals surface area contributed by atoms with Gasteiger partial charge in [0.15, 0.2) is 5.16 Å². The van der Waals surface area contributed by atoms with E-state index in [2.05, 4.69) is 15.3 Å². The zero-order valence-corrected chi connectivity index (χ0v) is 10.9. The molecule has 0 unspecified atom stereocenters. The average Bonchev–Trinajstić information content (AvgIpc) is 2.75. The number of nitrogens with one attached hydrogen (secondary N) is 1. The number of hydrogen-bond donors (Lipinski definition) is 2. The van der Waals surface area contributed by atoms with Crippen molar-refractivity contribution in [2.24, 2.45) is 0 Å². The number of aromatic nitrogens is 2. The van der Waals surface area contributed by atoms with Crippen molar-refractivity contribution in [2.75, 3.05) is 18.0 Å². The van der Waals surface area contributed by atoms with Crippen LogP contribution in [0.15, 0.2) is 16.6 Å². The van der Waals surface area contributed by atoms with Crippen molar-refractivity contribution < 1.29 is 4.79 Å². The number of amides is 1. The third kappa shape index (κ3) is 2.86. The fourth-order valence-electron chi connectivity index (χ4n) is 1.30. The molecule has 0 aliphatic rings.